The van der Waals surface area contributed by atoms with E-state index in [1.54, 1.807) is 0 Å². The molecule has 2 aromatic rings. The van der Waals surface area contributed by atoms with Crippen LogP contribution in [0, 0.1) is 0 Å². The number of epoxide rings is 1. The van der Waals surface area contributed by atoms with Gasteiger partial charge in [-0.25, -0.2) is 13.0 Å². The molecule has 40 heavy (non-hydrogen) atoms. The van der Waals surface area contributed by atoms with Crippen LogP contribution in [0.4, 0.5) is 11.4 Å². The van der Waals surface area contributed by atoms with Crippen molar-refractivity contribution in [2.75, 3.05) is 24.1 Å². The predicted molar refractivity (Wildman–Crippen MR) is 167 cm³/mol. The molecule has 0 bridgehead atoms. The number of nitrogens with zero attached hydrogens (tertiary/aromatic N) is 2. The molecule has 0 radical (unpaired) electrons. The van der Waals surface area contributed by atoms with Crippen LogP contribution < -0.4 is 4.72 Å². The van der Waals surface area contributed by atoms with Crippen molar-refractivity contribution in [2.45, 2.75) is 93.7 Å². The first-order valence-corrected chi connectivity index (χ1v) is 20.2. The first-order chi connectivity index (χ1) is 18.8. The number of nitrogens with one attached hydrogen (secondary N) is 1. The third-order valence-electron chi connectivity index (χ3n) is 9.76. The molecular weight excluding hydrogens is 535 g/mol. The highest BCUT2D eigenvalue weighted by atomic mass is 32.2. The molecule has 3 aliphatic heterocycles. The third-order valence-corrected chi connectivity index (χ3v) is 13.1. The second-order valence-electron chi connectivity index (χ2n) is 14.1. The monoisotopic (exact) mass is 578 g/mol. The number of ether oxygens (including phenoxy) is 1. The average molecular weight is 579 g/mol. The molecule has 0 saturated carbocycles. The van der Waals surface area contributed by atoms with Gasteiger partial charge in [-0.15, -0.1) is 0 Å². The Morgan fingerprint density at radius 3 is 2.50 bits per heavy atom. The zero-order valence-electron chi connectivity index (χ0n) is 24.8. The Morgan fingerprint density at radius 1 is 1.07 bits per heavy atom. The summed E-state index contributed by atoms with van der Waals surface area (Å²) in [4.78, 5) is 4.87. The Morgan fingerprint density at radius 2 is 1.82 bits per heavy atom. The van der Waals surface area contributed by atoms with Crippen molar-refractivity contribution in [1.29, 1.82) is 0 Å². The number of hydrogen-bond acceptors (Lipinski definition) is 4. The van der Waals surface area contributed by atoms with Gasteiger partial charge in [0.05, 0.1) is 34.0 Å². The number of para-hydroxylation sites is 1. The minimum atomic E-state index is -3.49. The van der Waals surface area contributed by atoms with Gasteiger partial charge in [0.15, 0.2) is 6.21 Å². The van der Waals surface area contributed by atoms with Gasteiger partial charge in [0.1, 0.15) is 7.05 Å². The molecule has 0 unspecified atom stereocenters. The maximum atomic E-state index is 13.4. The van der Waals surface area contributed by atoms with Crippen molar-refractivity contribution in [3.63, 3.8) is 0 Å². The lowest BCUT2D eigenvalue weighted by Crippen LogP contribution is -2.50. The number of aliphatic imine (C=N–C) groups is 1. The second kappa shape index (κ2) is 9.36. The smallest absolute Gasteiger partial charge is 0.232 e. The van der Waals surface area contributed by atoms with E-state index >= 15 is 0 Å². The van der Waals surface area contributed by atoms with Crippen LogP contribution in [0.3, 0.4) is 0 Å². The van der Waals surface area contributed by atoms with Crippen LogP contribution in [0.5, 0.6) is 0 Å². The van der Waals surface area contributed by atoms with Crippen molar-refractivity contribution < 1.29 is 17.7 Å². The predicted octanol–water partition coefficient (Wildman–Crippen LogP) is 6.22. The van der Waals surface area contributed by atoms with Crippen LogP contribution in [-0.4, -0.2) is 64.5 Å². The van der Waals surface area contributed by atoms with E-state index in [2.05, 4.69) is 86.5 Å². The van der Waals surface area contributed by atoms with E-state index < -0.39 is 23.5 Å². The Hall–Kier alpha value is -2.29. The SMILES string of the molecule is C[N+]1=C[C@]2([C@@]3(c4ccccc4NS(=O)(=O)CC[Si](C)(C)C)C=NCC3)CCC[C@H]([C@H]3OC3(C)C)c3cccc1c32. The molecule has 6 rings (SSSR count). The van der Waals surface area contributed by atoms with Gasteiger partial charge in [0.25, 0.3) is 0 Å². The maximum Gasteiger partial charge on any atom is 0.232 e. The second-order valence-corrected chi connectivity index (χ2v) is 21.6. The highest BCUT2D eigenvalue weighted by Gasteiger charge is 2.63. The Labute approximate surface area is 241 Å². The van der Waals surface area contributed by atoms with Crippen LogP contribution in [-0.2, 0) is 25.6 Å². The first kappa shape index (κ1) is 27.9. The topological polar surface area (TPSA) is 74.1 Å². The van der Waals surface area contributed by atoms with Crippen LogP contribution in [0.1, 0.15) is 62.1 Å². The molecule has 2 aromatic carbocycles. The van der Waals surface area contributed by atoms with Crippen LogP contribution >= 0.6 is 0 Å². The van der Waals surface area contributed by atoms with E-state index in [1.807, 2.05) is 18.2 Å². The van der Waals surface area contributed by atoms with E-state index in [9.17, 15) is 8.42 Å². The fourth-order valence-corrected chi connectivity index (χ4v) is 11.9. The maximum absolute atomic E-state index is 13.4. The van der Waals surface area contributed by atoms with E-state index in [0.717, 1.165) is 43.8 Å². The van der Waals surface area contributed by atoms with Gasteiger partial charge in [0.2, 0.25) is 15.7 Å². The van der Waals surface area contributed by atoms with Crippen LogP contribution in [0.25, 0.3) is 0 Å². The van der Waals surface area contributed by atoms with Gasteiger partial charge in [-0.05, 0) is 56.3 Å². The summed E-state index contributed by atoms with van der Waals surface area (Å²) in [5.74, 6) is 0.502. The summed E-state index contributed by atoms with van der Waals surface area (Å²) >= 11 is 0. The zero-order valence-corrected chi connectivity index (χ0v) is 26.6. The number of sulfonamides is 1. The molecule has 1 saturated heterocycles. The number of benzene rings is 2. The lowest BCUT2D eigenvalue weighted by Gasteiger charge is -2.43. The Bertz CT molecular complexity index is 1510. The fourth-order valence-electron chi connectivity index (χ4n) is 7.72. The summed E-state index contributed by atoms with van der Waals surface area (Å²) in [5, 5.41) is 0. The highest BCUT2D eigenvalue weighted by molar-refractivity contribution is 7.92. The summed E-state index contributed by atoms with van der Waals surface area (Å²) in [7, 11) is -2.85. The standard InChI is InChI=1S/C32H44N3O3SSi/c1-30(2)29(38-30)24-12-10-16-32(22-35(3)27-15-9-11-23(24)28(27)32)31(17-18-33-21-31)25-13-7-8-14-26(25)34-39(36,37)19-20-40(4,5)6/h7-9,11,13-15,21-22,24,29,34H,10,12,16-20H2,1-6H3/q+1/t24-,29+,31+,32+/m0/s1. The van der Waals surface area contributed by atoms with Gasteiger partial charge in [0, 0.05) is 38.4 Å². The molecule has 8 heteroatoms. The molecule has 214 valence electrons. The molecular formula is C32H44N3O3SSi+. The molecule has 1 N–H and O–H groups in total. The molecule has 3 heterocycles. The van der Waals surface area contributed by atoms with E-state index in [-0.39, 0.29) is 22.9 Å². The van der Waals surface area contributed by atoms with Gasteiger partial charge in [-0.1, -0.05) is 56.4 Å². The molecule has 4 aliphatic rings. The van der Waals surface area contributed by atoms with Gasteiger partial charge in [-0.2, -0.15) is 0 Å². The third kappa shape index (κ3) is 4.51. The summed E-state index contributed by atoms with van der Waals surface area (Å²) < 4.78 is 38.4. The highest BCUT2D eigenvalue weighted by Crippen LogP contribution is 2.61. The quantitative estimate of drug-likeness (QED) is 0.230. The van der Waals surface area contributed by atoms with Crippen molar-refractivity contribution in [1.82, 2.24) is 0 Å². The molecule has 0 aromatic heterocycles. The molecule has 0 spiro atoms. The average Bonchev–Trinajstić information content (AvgIpc) is 3.19. The van der Waals surface area contributed by atoms with Gasteiger partial charge >= 0.3 is 0 Å². The molecule has 1 aliphatic carbocycles. The van der Waals surface area contributed by atoms with E-state index in [0.29, 0.717) is 11.6 Å². The van der Waals surface area contributed by atoms with Crippen LogP contribution in [0.2, 0.25) is 25.7 Å². The Kier molecular flexibility index (Phi) is 6.52. The van der Waals surface area contributed by atoms with Gasteiger partial charge < -0.3 is 4.74 Å². The van der Waals surface area contributed by atoms with E-state index in [1.165, 1.54) is 16.8 Å². The lowest BCUT2D eigenvalue weighted by atomic mass is 9.55. The summed E-state index contributed by atoms with van der Waals surface area (Å²) in [6.45, 7) is 11.8. The van der Waals surface area contributed by atoms with E-state index in [4.69, 9.17) is 9.73 Å². The molecule has 1 fully saturated rings. The summed E-state index contributed by atoms with van der Waals surface area (Å²) in [6.07, 6.45) is 8.79. The summed E-state index contributed by atoms with van der Waals surface area (Å²) in [6, 6.07) is 15.5. The Balaban J connectivity index is 1.50. The largest absolute Gasteiger partial charge is 0.366 e. The van der Waals surface area contributed by atoms with Crippen molar-refractivity contribution >= 4 is 41.9 Å². The normalized spacial score (nSPS) is 30.5. The van der Waals surface area contributed by atoms with Gasteiger partial charge in [-0.3, -0.25) is 9.71 Å². The molecule has 6 nitrogen and oxygen atoms in total. The summed E-state index contributed by atoms with van der Waals surface area (Å²) in [5.41, 5.74) is 4.85. The lowest BCUT2D eigenvalue weighted by molar-refractivity contribution is -0.397. The molecule has 0 amide bonds. The number of rotatable bonds is 8. The zero-order chi connectivity index (χ0) is 28.6. The minimum absolute atomic E-state index is 0.0953. The molecule has 4 atom stereocenters. The number of hydrogen-bond donors (Lipinski definition) is 1. The number of anilines is 1. The van der Waals surface area contributed by atoms with Crippen molar-refractivity contribution in [2.24, 2.45) is 4.99 Å². The first-order valence-electron chi connectivity index (χ1n) is 14.8. The van der Waals surface area contributed by atoms with Crippen molar-refractivity contribution in [3.8, 4) is 0 Å². The fraction of sp³-hybridized carbons (Fsp3) is 0.562. The minimum Gasteiger partial charge on any atom is -0.366 e. The van der Waals surface area contributed by atoms with Crippen molar-refractivity contribution in [3.05, 3.63) is 59.2 Å². The van der Waals surface area contributed by atoms with Crippen LogP contribution in [0.15, 0.2) is 47.5 Å².